The zero-order valence-corrected chi connectivity index (χ0v) is 13.6. The Hall–Kier alpha value is -0.120. The topological polar surface area (TPSA) is 41.5 Å². The van der Waals surface area contributed by atoms with E-state index in [4.69, 9.17) is 4.74 Å². The molecule has 0 aromatic heterocycles. The van der Waals surface area contributed by atoms with Crippen LogP contribution in [0.5, 0.6) is 0 Å². The average Bonchev–Trinajstić information content (AvgIpc) is 3.26. The van der Waals surface area contributed by atoms with Gasteiger partial charge in [-0.25, -0.2) is 0 Å². The van der Waals surface area contributed by atoms with Gasteiger partial charge in [0.1, 0.15) is 0 Å². The first-order chi connectivity index (χ1) is 9.51. The molecule has 0 aliphatic heterocycles. The Labute approximate surface area is 124 Å². The van der Waals surface area contributed by atoms with E-state index in [0.717, 1.165) is 13.0 Å². The molecule has 0 radical (unpaired) electrons. The fourth-order valence-corrected chi connectivity index (χ4v) is 3.36. The van der Waals surface area contributed by atoms with Crippen LogP contribution in [0.15, 0.2) is 0 Å². The first kappa shape index (κ1) is 16.3. The van der Waals surface area contributed by atoms with Crippen molar-refractivity contribution in [2.24, 2.45) is 11.3 Å². The van der Waals surface area contributed by atoms with Crippen LogP contribution < -0.4 is 5.32 Å². The van der Waals surface area contributed by atoms with E-state index in [1.165, 1.54) is 38.5 Å². The lowest BCUT2D eigenvalue weighted by Gasteiger charge is -2.38. The highest BCUT2D eigenvalue weighted by Crippen LogP contribution is 2.41. The normalized spacial score (nSPS) is 26.4. The molecule has 118 valence electrons. The van der Waals surface area contributed by atoms with Crippen LogP contribution in [0.1, 0.15) is 65.7 Å². The van der Waals surface area contributed by atoms with Gasteiger partial charge in [-0.1, -0.05) is 20.8 Å². The van der Waals surface area contributed by atoms with Crippen LogP contribution in [0, 0.1) is 11.3 Å². The third-order valence-corrected chi connectivity index (χ3v) is 5.23. The summed E-state index contributed by atoms with van der Waals surface area (Å²) in [7, 11) is 0. The number of rotatable bonds is 8. The van der Waals surface area contributed by atoms with E-state index in [9.17, 15) is 5.11 Å². The molecule has 0 spiro atoms. The van der Waals surface area contributed by atoms with Crippen molar-refractivity contribution in [3.63, 3.8) is 0 Å². The lowest BCUT2D eigenvalue weighted by atomic mass is 9.76. The number of ether oxygens (including phenoxy) is 1. The highest BCUT2D eigenvalue weighted by atomic mass is 16.5. The quantitative estimate of drug-likeness (QED) is 0.719. The van der Waals surface area contributed by atoms with Crippen molar-refractivity contribution >= 4 is 0 Å². The van der Waals surface area contributed by atoms with Gasteiger partial charge in [-0.15, -0.1) is 0 Å². The number of aliphatic hydroxyl groups excluding tert-OH is 1. The van der Waals surface area contributed by atoms with Gasteiger partial charge in [-0.05, 0) is 62.8 Å². The summed E-state index contributed by atoms with van der Waals surface area (Å²) in [6, 6.07) is 0. The molecule has 2 aliphatic carbocycles. The van der Waals surface area contributed by atoms with Gasteiger partial charge in [0.15, 0.2) is 0 Å². The summed E-state index contributed by atoms with van der Waals surface area (Å²) in [6.45, 7) is 8.74. The summed E-state index contributed by atoms with van der Waals surface area (Å²) >= 11 is 0. The molecule has 2 rings (SSSR count). The summed E-state index contributed by atoms with van der Waals surface area (Å²) in [5, 5.41) is 13.5. The smallest absolute Gasteiger partial charge is 0.0679 e. The summed E-state index contributed by atoms with van der Waals surface area (Å²) in [4.78, 5) is 0. The molecular weight excluding hydrogens is 250 g/mol. The lowest BCUT2D eigenvalue weighted by molar-refractivity contribution is -0.0437. The van der Waals surface area contributed by atoms with Crippen molar-refractivity contribution < 1.29 is 9.84 Å². The highest BCUT2D eigenvalue weighted by Gasteiger charge is 2.45. The number of hydrogen-bond acceptors (Lipinski definition) is 3. The zero-order chi connectivity index (χ0) is 14.6. The Kier molecular flexibility index (Phi) is 5.49. The van der Waals surface area contributed by atoms with E-state index in [0.29, 0.717) is 24.0 Å². The molecule has 2 saturated carbocycles. The second kappa shape index (κ2) is 6.76. The van der Waals surface area contributed by atoms with Gasteiger partial charge >= 0.3 is 0 Å². The Morgan fingerprint density at radius 2 is 1.85 bits per heavy atom. The predicted octanol–water partition coefficient (Wildman–Crippen LogP) is 3.11. The van der Waals surface area contributed by atoms with Gasteiger partial charge in [-0.2, -0.15) is 0 Å². The van der Waals surface area contributed by atoms with Crippen molar-refractivity contribution in [3.05, 3.63) is 0 Å². The third-order valence-electron chi connectivity index (χ3n) is 5.23. The van der Waals surface area contributed by atoms with Crippen LogP contribution in [0.3, 0.4) is 0 Å². The maximum atomic E-state index is 9.88. The second-order valence-electron chi connectivity index (χ2n) is 7.69. The van der Waals surface area contributed by atoms with Gasteiger partial charge in [0.2, 0.25) is 0 Å². The Morgan fingerprint density at radius 3 is 2.35 bits per heavy atom. The summed E-state index contributed by atoms with van der Waals surface area (Å²) < 4.78 is 6.21. The fourth-order valence-electron chi connectivity index (χ4n) is 3.36. The first-order valence-electron chi connectivity index (χ1n) is 8.49. The van der Waals surface area contributed by atoms with Crippen LogP contribution in [0.2, 0.25) is 0 Å². The molecule has 2 N–H and O–H groups in total. The summed E-state index contributed by atoms with van der Waals surface area (Å²) in [5.41, 5.74) is 0.313. The van der Waals surface area contributed by atoms with Crippen LogP contribution in [0.25, 0.3) is 0 Å². The largest absolute Gasteiger partial charge is 0.394 e. The SMILES string of the molecule is CCCNC(CO)(COC1CCC(C)(C)CC1)C1CC1. The molecule has 0 heterocycles. The molecule has 0 aromatic rings. The molecule has 1 unspecified atom stereocenters. The Balaban J connectivity index is 1.82. The molecule has 20 heavy (non-hydrogen) atoms. The highest BCUT2D eigenvalue weighted by molar-refractivity contribution is 5.01. The molecule has 1 atom stereocenters. The molecule has 3 heteroatoms. The predicted molar refractivity (Wildman–Crippen MR) is 82.8 cm³/mol. The van der Waals surface area contributed by atoms with Crippen LogP contribution in [0.4, 0.5) is 0 Å². The minimum Gasteiger partial charge on any atom is -0.394 e. The van der Waals surface area contributed by atoms with Crippen molar-refractivity contribution in [2.75, 3.05) is 19.8 Å². The van der Waals surface area contributed by atoms with Crippen molar-refractivity contribution in [2.45, 2.75) is 77.4 Å². The van der Waals surface area contributed by atoms with Crippen LogP contribution in [-0.4, -0.2) is 36.5 Å². The van der Waals surface area contributed by atoms with Crippen molar-refractivity contribution in [1.82, 2.24) is 5.32 Å². The minimum absolute atomic E-state index is 0.178. The fraction of sp³-hybridized carbons (Fsp3) is 1.00. The number of aliphatic hydroxyl groups is 1. The molecule has 2 fully saturated rings. The zero-order valence-electron chi connectivity index (χ0n) is 13.6. The van der Waals surface area contributed by atoms with E-state index in [-0.39, 0.29) is 12.1 Å². The third kappa shape index (κ3) is 4.19. The summed E-state index contributed by atoms with van der Waals surface area (Å²) in [5.74, 6) is 0.610. The summed E-state index contributed by atoms with van der Waals surface area (Å²) in [6.07, 6.45) is 8.84. The molecule has 0 bridgehead atoms. The molecule has 2 aliphatic rings. The Bertz CT molecular complexity index is 291. The molecule has 0 aromatic carbocycles. The van der Waals surface area contributed by atoms with Gasteiger partial charge in [0, 0.05) is 0 Å². The minimum atomic E-state index is -0.178. The lowest BCUT2D eigenvalue weighted by Crippen LogP contribution is -2.55. The number of nitrogens with one attached hydrogen (secondary N) is 1. The average molecular weight is 283 g/mol. The van der Waals surface area contributed by atoms with Gasteiger partial charge in [0.25, 0.3) is 0 Å². The van der Waals surface area contributed by atoms with Crippen molar-refractivity contribution in [3.8, 4) is 0 Å². The van der Waals surface area contributed by atoms with E-state index in [1.54, 1.807) is 0 Å². The van der Waals surface area contributed by atoms with E-state index >= 15 is 0 Å². The van der Waals surface area contributed by atoms with E-state index in [2.05, 4.69) is 26.1 Å². The second-order valence-corrected chi connectivity index (χ2v) is 7.69. The standard InChI is InChI=1S/C17H33NO2/c1-4-11-18-17(12-19,14-5-6-14)13-20-15-7-9-16(2,3)10-8-15/h14-15,18-19H,4-13H2,1-3H3. The van der Waals surface area contributed by atoms with Crippen molar-refractivity contribution in [1.29, 1.82) is 0 Å². The Morgan fingerprint density at radius 1 is 1.20 bits per heavy atom. The molecule has 0 amide bonds. The van der Waals surface area contributed by atoms with Gasteiger partial charge in [-0.3, -0.25) is 0 Å². The molecule has 0 saturated heterocycles. The van der Waals surface area contributed by atoms with Crippen LogP contribution >= 0.6 is 0 Å². The van der Waals surface area contributed by atoms with Gasteiger partial charge in [0.05, 0.1) is 24.9 Å². The maximum absolute atomic E-state index is 9.88. The van der Waals surface area contributed by atoms with E-state index < -0.39 is 0 Å². The molecular formula is C17H33NO2. The maximum Gasteiger partial charge on any atom is 0.0679 e. The number of hydrogen-bond donors (Lipinski definition) is 2. The van der Waals surface area contributed by atoms with E-state index in [1.807, 2.05) is 0 Å². The molecule has 3 nitrogen and oxygen atoms in total. The van der Waals surface area contributed by atoms with Crippen LogP contribution in [-0.2, 0) is 4.74 Å². The first-order valence-corrected chi connectivity index (χ1v) is 8.49. The van der Waals surface area contributed by atoms with Gasteiger partial charge < -0.3 is 15.2 Å². The monoisotopic (exact) mass is 283 g/mol.